The van der Waals surface area contributed by atoms with E-state index in [2.05, 4.69) is 17.3 Å². The lowest BCUT2D eigenvalue weighted by molar-refractivity contribution is 0.0905. The highest BCUT2D eigenvalue weighted by Gasteiger charge is 2.37. The van der Waals surface area contributed by atoms with E-state index < -0.39 is 0 Å². The van der Waals surface area contributed by atoms with Gasteiger partial charge in [-0.2, -0.15) is 0 Å². The van der Waals surface area contributed by atoms with Crippen LogP contribution in [-0.4, -0.2) is 51.3 Å². The highest BCUT2D eigenvalue weighted by atomic mass is 16.5. The normalized spacial score (nSPS) is 29.6. The van der Waals surface area contributed by atoms with Crippen molar-refractivity contribution < 1.29 is 4.74 Å². The van der Waals surface area contributed by atoms with Crippen molar-refractivity contribution in [2.24, 2.45) is 11.8 Å². The summed E-state index contributed by atoms with van der Waals surface area (Å²) in [4.78, 5) is 2.66. The summed E-state index contributed by atoms with van der Waals surface area (Å²) in [5.74, 6) is 1.78. The molecule has 0 aromatic carbocycles. The molecule has 1 N–H and O–H groups in total. The SMILES string of the molecule is CNCC1CCN(C(COC)C2CC2)C1. The van der Waals surface area contributed by atoms with Crippen LogP contribution in [-0.2, 0) is 4.74 Å². The van der Waals surface area contributed by atoms with Crippen molar-refractivity contribution in [3.63, 3.8) is 0 Å². The molecule has 1 aliphatic carbocycles. The maximum absolute atomic E-state index is 5.36. The molecule has 3 nitrogen and oxygen atoms in total. The molecule has 1 saturated carbocycles. The van der Waals surface area contributed by atoms with Gasteiger partial charge in [-0.1, -0.05) is 0 Å². The van der Waals surface area contributed by atoms with Crippen molar-refractivity contribution in [2.75, 3.05) is 40.4 Å². The zero-order valence-electron chi connectivity index (χ0n) is 10.0. The van der Waals surface area contributed by atoms with Gasteiger partial charge in [0, 0.05) is 19.7 Å². The molecular weight excluding hydrogens is 188 g/mol. The van der Waals surface area contributed by atoms with Crippen LogP contribution in [0.15, 0.2) is 0 Å². The second-order valence-electron chi connectivity index (χ2n) is 5.07. The fourth-order valence-corrected chi connectivity index (χ4v) is 2.81. The van der Waals surface area contributed by atoms with Crippen LogP contribution in [0.2, 0.25) is 0 Å². The van der Waals surface area contributed by atoms with Crippen molar-refractivity contribution in [1.82, 2.24) is 10.2 Å². The Bertz CT molecular complexity index is 194. The summed E-state index contributed by atoms with van der Waals surface area (Å²) >= 11 is 0. The number of hydrogen-bond donors (Lipinski definition) is 1. The topological polar surface area (TPSA) is 24.5 Å². The van der Waals surface area contributed by atoms with Gasteiger partial charge in [0.2, 0.25) is 0 Å². The van der Waals surface area contributed by atoms with E-state index >= 15 is 0 Å². The Morgan fingerprint density at radius 1 is 1.40 bits per heavy atom. The van der Waals surface area contributed by atoms with Gasteiger partial charge in [-0.05, 0) is 51.2 Å². The lowest BCUT2D eigenvalue weighted by Crippen LogP contribution is -2.39. The van der Waals surface area contributed by atoms with Crippen LogP contribution in [0.1, 0.15) is 19.3 Å². The van der Waals surface area contributed by atoms with E-state index in [0.717, 1.165) is 18.4 Å². The van der Waals surface area contributed by atoms with Crippen molar-refractivity contribution in [3.05, 3.63) is 0 Å². The molecule has 3 heteroatoms. The third-order valence-electron chi connectivity index (χ3n) is 3.78. The lowest BCUT2D eigenvalue weighted by Gasteiger charge is -2.27. The van der Waals surface area contributed by atoms with Crippen LogP contribution in [0, 0.1) is 11.8 Å². The zero-order chi connectivity index (χ0) is 10.7. The van der Waals surface area contributed by atoms with Gasteiger partial charge in [-0.15, -0.1) is 0 Å². The zero-order valence-corrected chi connectivity index (χ0v) is 10.0. The largest absolute Gasteiger partial charge is 0.383 e. The maximum Gasteiger partial charge on any atom is 0.0620 e. The summed E-state index contributed by atoms with van der Waals surface area (Å²) in [6, 6.07) is 0.705. The van der Waals surface area contributed by atoms with E-state index in [1.54, 1.807) is 0 Å². The molecule has 1 aliphatic heterocycles. The maximum atomic E-state index is 5.36. The molecule has 2 atom stereocenters. The first-order chi connectivity index (χ1) is 7.35. The van der Waals surface area contributed by atoms with Gasteiger partial charge in [0.25, 0.3) is 0 Å². The minimum Gasteiger partial charge on any atom is -0.383 e. The summed E-state index contributed by atoms with van der Waals surface area (Å²) in [7, 11) is 3.88. The van der Waals surface area contributed by atoms with Crippen LogP contribution < -0.4 is 5.32 Å². The van der Waals surface area contributed by atoms with Crippen LogP contribution >= 0.6 is 0 Å². The first-order valence-corrected chi connectivity index (χ1v) is 6.22. The van der Waals surface area contributed by atoms with Crippen molar-refractivity contribution in [1.29, 1.82) is 0 Å². The van der Waals surface area contributed by atoms with E-state index in [4.69, 9.17) is 4.74 Å². The molecule has 0 spiro atoms. The van der Waals surface area contributed by atoms with E-state index in [1.807, 2.05) is 7.11 Å². The Hall–Kier alpha value is -0.120. The van der Waals surface area contributed by atoms with E-state index in [1.165, 1.54) is 38.9 Å². The van der Waals surface area contributed by atoms with Crippen molar-refractivity contribution in [3.8, 4) is 0 Å². The van der Waals surface area contributed by atoms with Gasteiger partial charge < -0.3 is 10.1 Å². The Morgan fingerprint density at radius 2 is 2.20 bits per heavy atom. The average molecular weight is 212 g/mol. The molecule has 2 unspecified atom stereocenters. The third kappa shape index (κ3) is 2.92. The Morgan fingerprint density at radius 3 is 2.80 bits per heavy atom. The van der Waals surface area contributed by atoms with Gasteiger partial charge in [-0.25, -0.2) is 0 Å². The summed E-state index contributed by atoms with van der Waals surface area (Å²) in [5.41, 5.74) is 0. The molecule has 0 aromatic rings. The molecule has 0 aromatic heterocycles. The van der Waals surface area contributed by atoms with Crippen LogP contribution in [0.25, 0.3) is 0 Å². The predicted octanol–water partition coefficient (Wildman–Crippen LogP) is 0.953. The number of rotatable bonds is 6. The van der Waals surface area contributed by atoms with Crippen molar-refractivity contribution in [2.45, 2.75) is 25.3 Å². The minimum atomic E-state index is 0.705. The highest BCUT2D eigenvalue weighted by Crippen LogP contribution is 2.37. The molecular formula is C12H24N2O. The Labute approximate surface area is 93.2 Å². The van der Waals surface area contributed by atoms with Gasteiger partial charge >= 0.3 is 0 Å². The van der Waals surface area contributed by atoms with E-state index in [9.17, 15) is 0 Å². The van der Waals surface area contributed by atoms with E-state index in [-0.39, 0.29) is 0 Å². The van der Waals surface area contributed by atoms with Crippen LogP contribution in [0.3, 0.4) is 0 Å². The quantitative estimate of drug-likeness (QED) is 0.709. The Kier molecular flexibility index (Phi) is 4.00. The van der Waals surface area contributed by atoms with Gasteiger partial charge in [0.05, 0.1) is 6.61 Å². The Balaban J connectivity index is 1.81. The first kappa shape index (κ1) is 11.4. The number of nitrogens with one attached hydrogen (secondary N) is 1. The fourth-order valence-electron chi connectivity index (χ4n) is 2.81. The van der Waals surface area contributed by atoms with Crippen LogP contribution in [0.4, 0.5) is 0 Å². The smallest absolute Gasteiger partial charge is 0.0620 e. The molecule has 2 aliphatic rings. The first-order valence-electron chi connectivity index (χ1n) is 6.22. The summed E-state index contributed by atoms with van der Waals surface area (Å²) in [6.45, 7) is 4.64. The van der Waals surface area contributed by atoms with E-state index in [0.29, 0.717) is 6.04 Å². The number of ether oxygens (including phenoxy) is 1. The molecule has 2 fully saturated rings. The van der Waals surface area contributed by atoms with Crippen LogP contribution in [0.5, 0.6) is 0 Å². The molecule has 1 saturated heterocycles. The van der Waals surface area contributed by atoms with Gasteiger partial charge in [0.1, 0.15) is 0 Å². The lowest BCUT2D eigenvalue weighted by atomic mass is 10.1. The molecule has 0 amide bonds. The standard InChI is InChI=1S/C12H24N2O/c1-13-7-10-5-6-14(8-10)12(9-15-2)11-3-4-11/h10-13H,3-9H2,1-2H3. The average Bonchev–Trinajstić information content (AvgIpc) is 2.96. The summed E-state index contributed by atoms with van der Waals surface area (Å²) in [5, 5.41) is 3.29. The number of nitrogens with zero attached hydrogens (tertiary/aromatic N) is 1. The second-order valence-corrected chi connectivity index (χ2v) is 5.07. The molecule has 15 heavy (non-hydrogen) atoms. The fraction of sp³-hybridized carbons (Fsp3) is 1.00. The minimum absolute atomic E-state index is 0.705. The molecule has 88 valence electrons. The number of hydrogen-bond acceptors (Lipinski definition) is 3. The third-order valence-corrected chi connectivity index (χ3v) is 3.78. The monoisotopic (exact) mass is 212 g/mol. The molecule has 0 radical (unpaired) electrons. The van der Waals surface area contributed by atoms with Gasteiger partial charge in [-0.3, -0.25) is 4.90 Å². The molecule has 1 heterocycles. The van der Waals surface area contributed by atoms with Gasteiger partial charge in [0.15, 0.2) is 0 Å². The number of methoxy groups -OCH3 is 1. The summed E-state index contributed by atoms with van der Waals surface area (Å²) in [6.07, 6.45) is 4.19. The second kappa shape index (κ2) is 5.28. The highest BCUT2D eigenvalue weighted by molar-refractivity contribution is 4.91. The number of likely N-dealkylation sites (tertiary alicyclic amines) is 1. The molecule has 0 bridgehead atoms. The predicted molar refractivity (Wildman–Crippen MR) is 62.0 cm³/mol. The summed E-state index contributed by atoms with van der Waals surface area (Å²) < 4.78 is 5.36. The van der Waals surface area contributed by atoms with Crippen molar-refractivity contribution >= 4 is 0 Å². The molecule has 2 rings (SSSR count).